The third-order valence-electron chi connectivity index (χ3n) is 2.01. The zero-order valence-electron chi connectivity index (χ0n) is 8.07. The summed E-state index contributed by atoms with van der Waals surface area (Å²) < 4.78 is 11.7. The molecule has 1 aromatic rings. The molecule has 70 valence electrons. The van der Waals surface area contributed by atoms with Gasteiger partial charge in [0.05, 0.1) is 0 Å². The molecule has 0 amide bonds. The van der Waals surface area contributed by atoms with Gasteiger partial charge in [0.25, 0.3) is 0 Å². The van der Waals surface area contributed by atoms with Crippen LogP contribution in [0.5, 0.6) is 0 Å². The summed E-state index contributed by atoms with van der Waals surface area (Å²) in [6, 6.07) is 9.75. The van der Waals surface area contributed by atoms with Crippen molar-refractivity contribution >= 4 is 13.1 Å². The molecule has 0 bridgehead atoms. The molecule has 0 N–H and O–H groups in total. The van der Waals surface area contributed by atoms with Crippen LogP contribution >= 0.6 is 7.80 Å². The minimum Gasteiger partial charge on any atom is -0.0681 e. The maximum Gasteiger partial charge on any atom is 0.376 e. The SMILES string of the molecule is CCCCC[P+](=O)c1ccccc1. The molecule has 1 rings (SSSR count). The van der Waals surface area contributed by atoms with Gasteiger partial charge >= 0.3 is 7.80 Å². The molecular formula is C11H16OP+. The molecule has 0 aliphatic rings. The topological polar surface area (TPSA) is 17.1 Å². The van der Waals surface area contributed by atoms with Crippen LogP contribution < -0.4 is 5.30 Å². The van der Waals surface area contributed by atoms with Crippen molar-refractivity contribution in [3.05, 3.63) is 30.3 Å². The van der Waals surface area contributed by atoms with Crippen LogP contribution in [0.1, 0.15) is 26.2 Å². The maximum atomic E-state index is 11.7. The molecule has 0 heterocycles. The van der Waals surface area contributed by atoms with Crippen LogP contribution in [0.4, 0.5) is 0 Å². The van der Waals surface area contributed by atoms with Crippen LogP contribution in [-0.2, 0) is 4.57 Å². The average molecular weight is 195 g/mol. The Morgan fingerprint density at radius 1 is 1.15 bits per heavy atom. The molecule has 1 atom stereocenters. The Morgan fingerprint density at radius 2 is 1.85 bits per heavy atom. The fraction of sp³-hybridized carbons (Fsp3) is 0.455. The number of benzene rings is 1. The van der Waals surface area contributed by atoms with Gasteiger partial charge in [-0.3, -0.25) is 0 Å². The molecule has 0 saturated heterocycles. The summed E-state index contributed by atoms with van der Waals surface area (Å²) >= 11 is 0. The third kappa shape index (κ3) is 3.69. The number of hydrogen-bond donors (Lipinski definition) is 0. The van der Waals surface area contributed by atoms with E-state index in [1.165, 1.54) is 12.8 Å². The first-order chi connectivity index (χ1) is 6.34. The molecular weight excluding hydrogens is 179 g/mol. The molecule has 0 aliphatic heterocycles. The Kier molecular flexibility index (Phi) is 4.70. The number of rotatable bonds is 5. The summed E-state index contributed by atoms with van der Waals surface area (Å²) in [6.07, 6.45) is 4.31. The average Bonchev–Trinajstić information content (AvgIpc) is 2.19. The Labute approximate surface area is 81.0 Å². The van der Waals surface area contributed by atoms with Gasteiger partial charge in [0.15, 0.2) is 11.5 Å². The lowest BCUT2D eigenvalue weighted by Gasteiger charge is -1.89. The van der Waals surface area contributed by atoms with Gasteiger partial charge in [-0.1, -0.05) is 36.1 Å². The monoisotopic (exact) mass is 195 g/mol. The molecule has 1 aromatic carbocycles. The first-order valence-corrected chi connectivity index (χ1v) is 6.29. The van der Waals surface area contributed by atoms with Crippen LogP contribution in [0.2, 0.25) is 0 Å². The van der Waals surface area contributed by atoms with E-state index in [9.17, 15) is 4.57 Å². The van der Waals surface area contributed by atoms with Crippen molar-refractivity contribution in [2.45, 2.75) is 26.2 Å². The third-order valence-corrected chi connectivity index (χ3v) is 3.61. The van der Waals surface area contributed by atoms with Crippen LogP contribution in [0, 0.1) is 0 Å². The first-order valence-electron chi connectivity index (χ1n) is 4.84. The summed E-state index contributed by atoms with van der Waals surface area (Å²) in [5.74, 6) is 0. The predicted octanol–water partition coefficient (Wildman–Crippen LogP) is 3.33. The molecule has 2 heteroatoms. The van der Waals surface area contributed by atoms with E-state index in [0.717, 1.165) is 17.9 Å². The van der Waals surface area contributed by atoms with Crippen LogP contribution in [0.25, 0.3) is 0 Å². The van der Waals surface area contributed by atoms with Crippen LogP contribution in [-0.4, -0.2) is 6.16 Å². The second-order valence-corrected chi connectivity index (χ2v) is 4.87. The molecule has 1 nitrogen and oxygen atoms in total. The van der Waals surface area contributed by atoms with Crippen LogP contribution in [0.15, 0.2) is 30.3 Å². The lowest BCUT2D eigenvalue weighted by molar-refractivity contribution is 0.590. The van der Waals surface area contributed by atoms with Gasteiger partial charge in [0, 0.05) is 0 Å². The summed E-state index contributed by atoms with van der Waals surface area (Å²) in [7, 11) is -1.14. The predicted molar refractivity (Wildman–Crippen MR) is 58.1 cm³/mol. The van der Waals surface area contributed by atoms with E-state index in [-0.39, 0.29) is 0 Å². The van der Waals surface area contributed by atoms with Crippen molar-refractivity contribution in [3.63, 3.8) is 0 Å². The molecule has 1 unspecified atom stereocenters. The van der Waals surface area contributed by atoms with Crippen LogP contribution in [0.3, 0.4) is 0 Å². The van der Waals surface area contributed by atoms with Crippen molar-refractivity contribution in [2.24, 2.45) is 0 Å². The van der Waals surface area contributed by atoms with Gasteiger partial charge in [-0.15, -0.1) is 0 Å². The Balaban J connectivity index is 2.40. The summed E-state index contributed by atoms with van der Waals surface area (Å²) in [6.45, 7) is 2.16. The molecule has 0 aliphatic carbocycles. The van der Waals surface area contributed by atoms with E-state index in [4.69, 9.17) is 0 Å². The van der Waals surface area contributed by atoms with Gasteiger partial charge in [0.1, 0.15) is 0 Å². The fourth-order valence-corrected chi connectivity index (χ4v) is 2.50. The molecule has 0 radical (unpaired) electrons. The van der Waals surface area contributed by atoms with Gasteiger partial charge < -0.3 is 0 Å². The quantitative estimate of drug-likeness (QED) is 0.520. The lowest BCUT2D eigenvalue weighted by Crippen LogP contribution is -1.96. The van der Waals surface area contributed by atoms with Gasteiger partial charge in [-0.2, -0.15) is 0 Å². The normalized spacial score (nSPS) is 11.3. The first kappa shape index (κ1) is 10.4. The Morgan fingerprint density at radius 3 is 2.46 bits per heavy atom. The molecule has 0 fully saturated rings. The summed E-state index contributed by atoms with van der Waals surface area (Å²) in [5.41, 5.74) is 0. The lowest BCUT2D eigenvalue weighted by atomic mass is 10.3. The van der Waals surface area contributed by atoms with Crippen molar-refractivity contribution < 1.29 is 4.57 Å². The summed E-state index contributed by atoms with van der Waals surface area (Å²) in [4.78, 5) is 0. The molecule has 0 saturated carbocycles. The van der Waals surface area contributed by atoms with E-state index in [1.54, 1.807) is 0 Å². The van der Waals surface area contributed by atoms with Gasteiger partial charge in [-0.05, 0) is 25.0 Å². The standard InChI is InChI=1S/C11H16OP/c1-2-3-7-10-13(12)11-8-5-4-6-9-11/h4-6,8-9H,2-3,7,10H2,1H3/q+1. The van der Waals surface area contributed by atoms with Gasteiger partial charge in [0.2, 0.25) is 0 Å². The highest BCUT2D eigenvalue weighted by Gasteiger charge is 2.16. The van der Waals surface area contributed by atoms with E-state index in [0.29, 0.717) is 0 Å². The Hall–Kier alpha value is -0.680. The fourth-order valence-electron chi connectivity index (χ4n) is 1.23. The maximum absolute atomic E-state index is 11.7. The number of unbranched alkanes of at least 4 members (excludes halogenated alkanes) is 2. The smallest absolute Gasteiger partial charge is 0.0681 e. The van der Waals surface area contributed by atoms with E-state index in [1.807, 2.05) is 30.3 Å². The zero-order valence-corrected chi connectivity index (χ0v) is 8.97. The van der Waals surface area contributed by atoms with E-state index in [2.05, 4.69) is 6.92 Å². The summed E-state index contributed by atoms with van der Waals surface area (Å²) in [5, 5.41) is 0.994. The van der Waals surface area contributed by atoms with Crippen molar-refractivity contribution in [2.75, 3.05) is 6.16 Å². The highest BCUT2D eigenvalue weighted by Crippen LogP contribution is 2.21. The number of hydrogen-bond acceptors (Lipinski definition) is 1. The van der Waals surface area contributed by atoms with Crippen molar-refractivity contribution in [3.8, 4) is 0 Å². The molecule has 0 spiro atoms. The van der Waals surface area contributed by atoms with Gasteiger partial charge in [-0.25, -0.2) is 0 Å². The minimum absolute atomic E-state index is 0.840. The molecule has 13 heavy (non-hydrogen) atoms. The minimum atomic E-state index is -1.14. The Bertz CT molecular complexity index is 256. The highest BCUT2D eigenvalue weighted by atomic mass is 31.1. The second-order valence-electron chi connectivity index (χ2n) is 3.14. The van der Waals surface area contributed by atoms with E-state index >= 15 is 0 Å². The van der Waals surface area contributed by atoms with Crippen molar-refractivity contribution in [1.82, 2.24) is 0 Å². The van der Waals surface area contributed by atoms with Crippen molar-refractivity contribution in [1.29, 1.82) is 0 Å². The largest absolute Gasteiger partial charge is 0.376 e. The molecule has 0 aromatic heterocycles. The zero-order chi connectivity index (χ0) is 9.52. The van der Waals surface area contributed by atoms with E-state index < -0.39 is 7.80 Å². The second kappa shape index (κ2) is 5.88. The highest BCUT2D eigenvalue weighted by molar-refractivity contribution is 7.53.